The van der Waals surface area contributed by atoms with Gasteiger partial charge < -0.3 is 10.1 Å². The molecule has 1 unspecified atom stereocenters. The maximum absolute atomic E-state index is 8.95. The van der Waals surface area contributed by atoms with Crippen molar-refractivity contribution in [1.29, 1.82) is 5.26 Å². The van der Waals surface area contributed by atoms with Crippen molar-refractivity contribution in [2.75, 3.05) is 11.9 Å². The Morgan fingerprint density at radius 2 is 1.95 bits per heavy atom. The summed E-state index contributed by atoms with van der Waals surface area (Å²) in [4.78, 5) is 0. The van der Waals surface area contributed by atoms with Crippen LogP contribution in [0.4, 0.5) is 5.69 Å². The molecule has 0 spiro atoms. The molecule has 3 nitrogen and oxygen atoms in total. The van der Waals surface area contributed by atoms with Gasteiger partial charge in [0.15, 0.2) is 0 Å². The summed E-state index contributed by atoms with van der Waals surface area (Å²) in [7, 11) is 0. The first kappa shape index (κ1) is 14.9. The monoisotopic (exact) mass is 280 g/mol. The lowest BCUT2D eigenvalue weighted by molar-refractivity contribution is 0.317. The Hall–Kier alpha value is -2.47. The molecule has 1 atom stereocenters. The molecule has 2 rings (SSSR count). The molecule has 0 aliphatic heterocycles. The zero-order valence-electron chi connectivity index (χ0n) is 12.5. The molecule has 0 radical (unpaired) electrons. The van der Waals surface area contributed by atoms with Gasteiger partial charge in [0.1, 0.15) is 5.75 Å². The van der Waals surface area contributed by atoms with E-state index in [1.54, 1.807) is 0 Å². The number of ether oxygens (including phenoxy) is 1. The van der Waals surface area contributed by atoms with Crippen molar-refractivity contribution in [1.82, 2.24) is 0 Å². The third kappa shape index (κ3) is 4.25. The highest BCUT2D eigenvalue weighted by molar-refractivity contribution is 5.48. The molecule has 1 N–H and O–H groups in total. The minimum absolute atomic E-state index is 0.140. The van der Waals surface area contributed by atoms with Gasteiger partial charge in [-0.1, -0.05) is 19.1 Å². The van der Waals surface area contributed by atoms with Gasteiger partial charge in [0.25, 0.3) is 0 Å². The molecule has 0 saturated carbocycles. The van der Waals surface area contributed by atoms with Crippen molar-refractivity contribution < 1.29 is 4.74 Å². The van der Waals surface area contributed by atoms with Gasteiger partial charge in [0, 0.05) is 11.7 Å². The maximum Gasteiger partial charge on any atom is 0.119 e. The smallest absolute Gasteiger partial charge is 0.119 e. The van der Waals surface area contributed by atoms with Crippen molar-refractivity contribution in [2.45, 2.75) is 26.3 Å². The average molecular weight is 280 g/mol. The van der Waals surface area contributed by atoms with Gasteiger partial charge in [-0.15, -0.1) is 0 Å². The predicted molar refractivity (Wildman–Crippen MR) is 85.4 cm³/mol. The van der Waals surface area contributed by atoms with Crippen LogP contribution >= 0.6 is 0 Å². The van der Waals surface area contributed by atoms with E-state index in [1.807, 2.05) is 48.5 Å². The fourth-order valence-corrected chi connectivity index (χ4v) is 2.08. The van der Waals surface area contributed by atoms with E-state index >= 15 is 0 Å². The molecule has 0 bridgehead atoms. The van der Waals surface area contributed by atoms with Crippen LogP contribution in [0.5, 0.6) is 5.75 Å². The van der Waals surface area contributed by atoms with Crippen molar-refractivity contribution >= 4 is 5.69 Å². The summed E-state index contributed by atoms with van der Waals surface area (Å²) in [5.74, 6) is 0.890. The van der Waals surface area contributed by atoms with Crippen molar-refractivity contribution in [2.24, 2.45) is 0 Å². The molecule has 2 aromatic rings. The van der Waals surface area contributed by atoms with Gasteiger partial charge in [-0.05, 0) is 55.3 Å². The second-order valence-corrected chi connectivity index (χ2v) is 4.98. The van der Waals surface area contributed by atoms with Crippen LogP contribution in [0.1, 0.15) is 37.4 Å². The lowest BCUT2D eigenvalue weighted by Crippen LogP contribution is -2.06. The third-order valence-corrected chi connectivity index (χ3v) is 3.23. The Balaban J connectivity index is 2.01. The Morgan fingerprint density at radius 3 is 2.62 bits per heavy atom. The van der Waals surface area contributed by atoms with Crippen LogP contribution < -0.4 is 10.1 Å². The number of hydrogen-bond donors (Lipinski definition) is 1. The summed E-state index contributed by atoms with van der Waals surface area (Å²) >= 11 is 0. The maximum atomic E-state index is 8.95. The fraction of sp³-hybridized carbons (Fsp3) is 0.278. The molecule has 0 saturated heterocycles. The predicted octanol–water partition coefficient (Wildman–Crippen LogP) is 4.52. The Bertz CT molecular complexity index is 614. The molecule has 0 heterocycles. The van der Waals surface area contributed by atoms with Gasteiger partial charge in [-0.3, -0.25) is 0 Å². The van der Waals surface area contributed by atoms with E-state index in [1.165, 1.54) is 0 Å². The topological polar surface area (TPSA) is 45.0 Å². The SMILES string of the molecule is CCCOc1ccc(NC(C)c2cccc(C#N)c2)cc1. The van der Waals surface area contributed by atoms with Crippen LogP contribution in [0.25, 0.3) is 0 Å². The number of hydrogen-bond acceptors (Lipinski definition) is 3. The summed E-state index contributed by atoms with van der Waals surface area (Å²) in [6.45, 7) is 4.91. The summed E-state index contributed by atoms with van der Waals surface area (Å²) < 4.78 is 5.57. The van der Waals surface area contributed by atoms with Gasteiger partial charge >= 0.3 is 0 Å². The molecule has 0 aliphatic rings. The molecule has 0 amide bonds. The number of nitrogens with zero attached hydrogens (tertiary/aromatic N) is 1. The standard InChI is InChI=1S/C18H20N2O/c1-3-11-21-18-9-7-17(8-10-18)20-14(2)16-6-4-5-15(12-16)13-19/h4-10,12,14,20H,3,11H2,1-2H3. The van der Waals surface area contributed by atoms with Crippen molar-refractivity contribution in [3.8, 4) is 11.8 Å². The summed E-state index contributed by atoms with van der Waals surface area (Å²) in [6, 6.07) is 17.9. The van der Waals surface area contributed by atoms with Crippen LogP contribution in [0.3, 0.4) is 0 Å². The Kier molecular flexibility index (Phi) is 5.22. The van der Waals surface area contributed by atoms with E-state index in [4.69, 9.17) is 10.00 Å². The highest BCUT2D eigenvalue weighted by atomic mass is 16.5. The Labute approximate surface area is 126 Å². The first-order valence-corrected chi connectivity index (χ1v) is 7.22. The van der Waals surface area contributed by atoms with Crippen LogP contribution in [-0.4, -0.2) is 6.61 Å². The molecule has 2 aromatic carbocycles. The highest BCUT2D eigenvalue weighted by Crippen LogP contribution is 2.22. The Morgan fingerprint density at radius 1 is 1.19 bits per heavy atom. The lowest BCUT2D eigenvalue weighted by Gasteiger charge is -2.16. The molecule has 0 aromatic heterocycles. The molecule has 108 valence electrons. The molecule has 21 heavy (non-hydrogen) atoms. The van der Waals surface area contributed by atoms with Gasteiger partial charge in [-0.2, -0.15) is 5.26 Å². The number of benzene rings is 2. The summed E-state index contributed by atoms with van der Waals surface area (Å²) in [5.41, 5.74) is 2.82. The van der Waals surface area contributed by atoms with Gasteiger partial charge in [0.05, 0.1) is 18.2 Å². The number of nitrogens with one attached hydrogen (secondary N) is 1. The van der Waals surface area contributed by atoms with Crippen LogP contribution in [-0.2, 0) is 0 Å². The lowest BCUT2D eigenvalue weighted by atomic mass is 10.1. The zero-order chi connectivity index (χ0) is 15.1. The minimum Gasteiger partial charge on any atom is -0.494 e. The second kappa shape index (κ2) is 7.35. The van der Waals surface area contributed by atoms with E-state index < -0.39 is 0 Å². The van der Waals surface area contributed by atoms with E-state index in [9.17, 15) is 0 Å². The molecule has 0 fully saturated rings. The number of nitriles is 1. The average Bonchev–Trinajstić information content (AvgIpc) is 2.54. The summed E-state index contributed by atoms with van der Waals surface area (Å²) in [5, 5.41) is 12.4. The zero-order valence-corrected chi connectivity index (χ0v) is 12.5. The molecular weight excluding hydrogens is 260 g/mol. The largest absolute Gasteiger partial charge is 0.494 e. The highest BCUT2D eigenvalue weighted by Gasteiger charge is 2.06. The molecule has 3 heteroatoms. The normalized spacial score (nSPS) is 11.5. The third-order valence-electron chi connectivity index (χ3n) is 3.23. The van der Waals surface area contributed by atoms with E-state index in [0.717, 1.165) is 30.0 Å². The van der Waals surface area contributed by atoms with Gasteiger partial charge in [0.2, 0.25) is 0 Å². The molecule has 0 aliphatic carbocycles. The summed E-state index contributed by atoms with van der Waals surface area (Å²) in [6.07, 6.45) is 1.01. The second-order valence-electron chi connectivity index (χ2n) is 4.98. The first-order chi connectivity index (χ1) is 10.2. The van der Waals surface area contributed by atoms with Crippen LogP contribution in [0.2, 0.25) is 0 Å². The first-order valence-electron chi connectivity index (χ1n) is 7.22. The fourth-order valence-electron chi connectivity index (χ4n) is 2.08. The van der Waals surface area contributed by atoms with E-state index in [-0.39, 0.29) is 6.04 Å². The van der Waals surface area contributed by atoms with Crippen molar-refractivity contribution in [3.05, 3.63) is 59.7 Å². The molecular formula is C18H20N2O. The quantitative estimate of drug-likeness (QED) is 0.846. The van der Waals surface area contributed by atoms with Crippen molar-refractivity contribution in [3.63, 3.8) is 0 Å². The van der Waals surface area contributed by atoms with E-state index in [0.29, 0.717) is 5.56 Å². The van der Waals surface area contributed by atoms with Gasteiger partial charge in [-0.25, -0.2) is 0 Å². The number of rotatable bonds is 6. The van der Waals surface area contributed by atoms with Crippen LogP contribution in [0.15, 0.2) is 48.5 Å². The van der Waals surface area contributed by atoms with E-state index in [2.05, 4.69) is 25.2 Å². The van der Waals surface area contributed by atoms with Crippen LogP contribution in [0, 0.1) is 11.3 Å². The minimum atomic E-state index is 0.140. The number of anilines is 1.